The largest absolute Gasteiger partial charge is 0.394 e. The molecule has 1 saturated carbocycles. The van der Waals surface area contributed by atoms with Crippen LogP contribution in [0.1, 0.15) is 44.9 Å². The molecular weight excluding hydrogens is 324 g/mol. The lowest BCUT2D eigenvalue weighted by Crippen LogP contribution is -2.53. The molecule has 0 spiro atoms. The summed E-state index contributed by atoms with van der Waals surface area (Å²) in [5, 5.41) is 15.6. The van der Waals surface area contributed by atoms with Crippen LogP contribution in [0.3, 0.4) is 0 Å². The zero-order valence-corrected chi connectivity index (χ0v) is 14.7. The fourth-order valence-electron chi connectivity index (χ4n) is 3.57. The summed E-state index contributed by atoms with van der Waals surface area (Å²) in [6.45, 7) is 1.86. The topological polar surface area (TPSA) is 96.9 Å². The molecule has 0 unspecified atom stereocenters. The highest BCUT2D eigenvalue weighted by Crippen LogP contribution is 2.28. The maximum Gasteiger partial charge on any atom is 0.223 e. The van der Waals surface area contributed by atoms with E-state index < -0.39 is 6.10 Å². The molecular formula is C18H30N2O5. The lowest BCUT2D eigenvalue weighted by Gasteiger charge is -2.37. The molecule has 7 heteroatoms. The zero-order chi connectivity index (χ0) is 17.6. The predicted octanol–water partition coefficient (Wildman–Crippen LogP) is 0.354. The van der Waals surface area contributed by atoms with E-state index in [0.29, 0.717) is 32.0 Å². The van der Waals surface area contributed by atoms with Crippen LogP contribution in [-0.4, -0.2) is 61.5 Å². The van der Waals surface area contributed by atoms with Gasteiger partial charge in [-0.15, -0.1) is 0 Å². The van der Waals surface area contributed by atoms with Crippen LogP contribution in [-0.2, 0) is 19.1 Å². The molecule has 2 aliphatic heterocycles. The lowest BCUT2D eigenvalue weighted by atomic mass is 9.94. The van der Waals surface area contributed by atoms with Gasteiger partial charge in [0.25, 0.3) is 0 Å². The van der Waals surface area contributed by atoms with Gasteiger partial charge in [-0.05, 0) is 44.4 Å². The Hall–Kier alpha value is -1.18. The van der Waals surface area contributed by atoms with Crippen molar-refractivity contribution in [2.24, 2.45) is 11.8 Å². The molecule has 0 aromatic carbocycles. The first kappa shape index (κ1) is 18.6. The van der Waals surface area contributed by atoms with E-state index in [4.69, 9.17) is 9.47 Å². The van der Waals surface area contributed by atoms with E-state index in [1.54, 1.807) is 0 Å². The summed E-state index contributed by atoms with van der Waals surface area (Å²) < 4.78 is 11.2. The molecule has 0 bridgehead atoms. The Morgan fingerprint density at radius 1 is 1.04 bits per heavy atom. The molecule has 3 rings (SSSR count). The molecule has 3 N–H and O–H groups in total. The van der Waals surface area contributed by atoms with Crippen molar-refractivity contribution in [2.75, 3.05) is 26.4 Å². The number of ether oxygens (including phenoxy) is 2. The maximum absolute atomic E-state index is 12.4. The molecule has 3 aliphatic rings. The van der Waals surface area contributed by atoms with Gasteiger partial charge in [-0.3, -0.25) is 9.59 Å². The third-order valence-corrected chi connectivity index (χ3v) is 5.41. The van der Waals surface area contributed by atoms with E-state index in [1.165, 1.54) is 12.8 Å². The van der Waals surface area contributed by atoms with Crippen molar-refractivity contribution in [1.29, 1.82) is 0 Å². The van der Waals surface area contributed by atoms with Crippen LogP contribution < -0.4 is 10.6 Å². The highest BCUT2D eigenvalue weighted by molar-refractivity contribution is 5.79. The van der Waals surface area contributed by atoms with Crippen LogP contribution in [0.4, 0.5) is 0 Å². The minimum Gasteiger partial charge on any atom is -0.394 e. The van der Waals surface area contributed by atoms with Gasteiger partial charge in [0.05, 0.1) is 25.2 Å². The Kier molecular flexibility index (Phi) is 6.67. The zero-order valence-electron chi connectivity index (χ0n) is 14.7. The molecule has 1 aliphatic carbocycles. The summed E-state index contributed by atoms with van der Waals surface area (Å²) in [5.41, 5.74) is 0. The van der Waals surface area contributed by atoms with E-state index in [1.807, 2.05) is 0 Å². The SMILES string of the molecule is O=C(C[C@@H]1CC[C@@H](NC(=O)C2CCOCC2)[C@@H](CO)O1)NCC1CC1. The van der Waals surface area contributed by atoms with Crippen molar-refractivity contribution in [2.45, 2.75) is 63.2 Å². The van der Waals surface area contributed by atoms with E-state index in [2.05, 4.69) is 10.6 Å². The number of carbonyl (C=O) groups is 2. The quantitative estimate of drug-likeness (QED) is 0.613. The molecule has 0 aromatic rings. The average Bonchev–Trinajstić information content (AvgIpc) is 3.46. The molecule has 25 heavy (non-hydrogen) atoms. The van der Waals surface area contributed by atoms with Gasteiger partial charge in [-0.2, -0.15) is 0 Å². The lowest BCUT2D eigenvalue weighted by molar-refractivity contribution is -0.139. The normalized spacial score (nSPS) is 30.7. The Morgan fingerprint density at radius 2 is 1.80 bits per heavy atom. The third-order valence-electron chi connectivity index (χ3n) is 5.41. The van der Waals surface area contributed by atoms with Crippen molar-refractivity contribution in [3.63, 3.8) is 0 Å². The Balaban J connectivity index is 1.42. The van der Waals surface area contributed by atoms with Gasteiger partial charge in [0.1, 0.15) is 6.10 Å². The van der Waals surface area contributed by atoms with Gasteiger partial charge in [0.15, 0.2) is 0 Å². The number of amides is 2. The van der Waals surface area contributed by atoms with Crippen LogP contribution >= 0.6 is 0 Å². The summed E-state index contributed by atoms with van der Waals surface area (Å²) in [5.74, 6) is 0.680. The highest BCUT2D eigenvalue weighted by Gasteiger charge is 2.34. The predicted molar refractivity (Wildman–Crippen MR) is 90.8 cm³/mol. The number of rotatable bonds is 7. The minimum absolute atomic E-state index is 0.0123. The smallest absolute Gasteiger partial charge is 0.223 e. The highest BCUT2D eigenvalue weighted by atomic mass is 16.5. The molecule has 3 atom stereocenters. The van der Waals surface area contributed by atoms with Crippen molar-refractivity contribution in [1.82, 2.24) is 10.6 Å². The summed E-state index contributed by atoms with van der Waals surface area (Å²) in [7, 11) is 0. The summed E-state index contributed by atoms with van der Waals surface area (Å²) in [6, 6.07) is -0.189. The van der Waals surface area contributed by atoms with Crippen molar-refractivity contribution in [3.05, 3.63) is 0 Å². The standard InChI is InChI=1S/C18H30N2O5/c21-11-16-15(20-18(23)13-5-7-24-8-6-13)4-3-14(25-16)9-17(22)19-10-12-1-2-12/h12-16,21H,1-11H2,(H,19,22)(H,20,23)/t14-,15+,16+/m0/s1. The molecule has 7 nitrogen and oxygen atoms in total. The Morgan fingerprint density at radius 3 is 2.48 bits per heavy atom. The number of aliphatic hydroxyl groups excluding tert-OH is 1. The first-order valence-electron chi connectivity index (χ1n) is 9.57. The van der Waals surface area contributed by atoms with Gasteiger partial charge in [0.2, 0.25) is 11.8 Å². The van der Waals surface area contributed by atoms with E-state index >= 15 is 0 Å². The van der Waals surface area contributed by atoms with Crippen molar-refractivity contribution >= 4 is 11.8 Å². The fraction of sp³-hybridized carbons (Fsp3) is 0.889. The number of carbonyl (C=O) groups excluding carboxylic acids is 2. The Labute approximate surface area is 148 Å². The first-order chi connectivity index (χ1) is 12.2. The second-order valence-electron chi connectivity index (χ2n) is 7.51. The van der Waals surface area contributed by atoms with E-state index in [0.717, 1.165) is 25.8 Å². The van der Waals surface area contributed by atoms with E-state index in [-0.39, 0.29) is 36.5 Å². The second-order valence-corrected chi connectivity index (χ2v) is 7.51. The van der Waals surface area contributed by atoms with Crippen LogP contribution in [0.5, 0.6) is 0 Å². The van der Waals surface area contributed by atoms with Gasteiger partial charge in [-0.1, -0.05) is 0 Å². The van der Waals surface area contributed by atoms with E-state index in [9.17, 15) is 14.7 Å². The summed E-state index contributed by atoms with van der Waals surface area (Å²) in [6.07, 6.45) is 5.03. The van der Waals surface area contributed by atoms with Crippen LogP contribution in [0.15, 0.2) is 0 Å². The van der Waals surface area contributed by atoms with Crippen LogP contribution in [0.25, 0.3) is 0 Å². The number of nitrogens with one attached hydrogen (secondary N) is 2. The van der Waals surface area contributed by atoms with Crippen LogP contribution in [0.2, 0.25) is 0 Å². The Bertz CT molecular complexity index is 462. The summed E-state index contributed by atoms with van der Waals surface area (Å²) in [4.78, 5) is 24.3. The maximum atomic E-state index is 12.4. The monoisotopic (exact) mass is 354 g/mol. The fourth-order valence-corrected chi connectivity index (χ4v) is 3.57. The molecule has 142 valence electrons. The number of hydrogen-bond donors (Lipinski definition) is 3. The molecule has 0 aromatic heterocycles. The summed E-state index contributed by atoms with van der Waals surface area (Å²) >= 11 is 0. The first-order valence-corrected chi connectivity index (χ1v) is 9.57. The number of hydrogen-bond acceptors (Lipinski definition) is 5. The third kappa shape index (κ3) is 5.66. The molecule has 0 radical (unpaired) electrons. The van der Waals surface area contributed by atoms with Crippen molar-refractivity contribution in [3.8, 4) is 0 Å². The molecule has 2 amide bonds. The van der Waals surface area contributed by atoms with Gasteiger partial charge >= 0.3 is 0 Å². The molecule has 3 fully saturated rings. The van der Waals surface area contributed by atoms with Crippen LogP contribution in [0, 0.1) is 11.8 Å². The number of aliphatic hydroxyl groups is 1. The van der Waals surface area contributed by atoms with Gasteiger partial charge in [-0.25, -0.2) is 0 Å². The van der Waals surface area contributed by atoms with Gasteiger partial charge in [0, 0.05) is 25.7 Å². The van der Waals surface area contributed by atoms with Gasteiger partial charge < -0.3 is 25.2 Å². The second kappa shape index (κ2) is 8.96. The molecule has 2 heterocycles. The van der Waals surface area contributed by atoms with Crippen molar-refractivity contribution < 1.29 is 24.2 Å². The average molecular weight is 354 g/mol. The molecule has 2 saturated heterocycles. The minimum atomic E-state index is -0.446.